The fraction of sp³-hybridized carbons (Fsp3) is 0.423. The van der Waals surface area contributed by atoms with Crippen LogP contribution in [-0.4, -0.2) is 68.5 Å². The van der Waals surface area contributed by atoms with Gasteiger partial charge in [-0.15, -0.1) is 0 Å². The van der Waals surface area contributed by atoms with E-state index in [2.05, 4.69) is 12.6 Å². The quantitative estimate of drug-likeness (QED) is 0.205. The van der Waals surface area contributed by atoms with Crippen LogP contribution in [0.2, 0.25) is 0 Å². The summed E-state index contributed by atoms with van der Waals surface area (Å²) in [7, 11) is 0. The van der Waals surface area contributed by atoms with Crippen molar-refractivity contribution in [2.24, 2.45) is 5.92 Å². The van der Waals surface area contributed by atoms with Crippen molar-refractivity contribution in [2.75, 3.05) is 19.6 Å². The number of hydrogen-bond donors (Lipinski definition) is 1. The first-order valence-corrected chi connectivity index (χ1v) is 13.1. The summed E-state index contributed by atoms with van der Waals surface area (Å²) in [4.78, 5) is 62.0. The molecule has 40 heavy (non-hydrogen) atoms. The van der Waals surface area contributed by atoms with E-state index in [0.29, 0.717) is 37.1 Å². The first-order chi connectivity index (χ1) is 19.1. The lowest BCUT2D eigenvalue weighted by molar-refractivity contribution is -0.385. The number of nitro groups is 2. The summed E-state index contributed by atoms with van der Waals surface area (Å²) in [6.07, 6.45) is 0.428. The molecule has 0 unspecified atom stereocenters. The summed E-state index contributed by atoms with van der Waals surface area (Å²) in [6.45, 7) is 0.819. The van der Waals surface area contributed by atoms with Gasteiger partial charge in [-0.25, -0.2) is 4.79 Å². The maximum absolute atomic E-state index is 13.0. The number of amides is 2. The highest BCUT2D eigenvalue weighted by Gasteiger charge is 2.39. The Morgan fingerprint density at radius 3 is 1.98 bits per heavy atom. The monoisotopic (exact) mass is 572 g/mol. The molecule has 2 aliphatic rings. The number of rotatable bonds is 9. The predicted molar refractivity (Wildman–Crippen MR) is 143 cm³/mol. The van der Waals surface area contributed by atoms with Crippen molar-refractivity contribution in [3.05, 3.63) is 79.9 Å². The number of likely N-dealkylation sites (tertiary alicyclic amines) is 2. The summed E-state index contributed by atoms with van der Waals surface area (Å²) >= 11 is 4.48. The molecule has 2 saturated heterocycles. The van der Waals surface area contributed by atoms with Gasteiger partial charge < -0.3 is 19.3 Å². The van der Waals surface area contributed by atoms with E-state index >= 15 is 0 Å². The fourth-order valence-electron chi connectivity index (χ4n) is 4.75. The van der Waals surface area contributed by atoms with Gasteiger partial charge in [0.2, 0.25) is 5.91 Å². The molecule has 13 nitrogen and oxygen atoms in total. The van der Waals surface area contributed by atoms with Gasteiger partial charge >= 0.3 is 12.1 Å². The number of thiol groups is 1. The minimum Gasteiger partial charge on any atom is -0.461 e. The first-order valence-electron chi connectivity index (χ1n) is 12.6. The van der Waals surface area contributed by atoms with Crippen LogP contribution in [0.5, 0.6) is 0 Å². The van der Waals surface area contributed by atoms with Crippen LogP contribution in [0.1, 0.15) is 30.4 Å². The highest BCUT2D eigenvalue weighted by Crippen LogP contribution is 2.28. The average molecular weight is 573 g/mol. The molecule has 0 radical (unpaired) electrons. The molecule has 2 aromatic carbocycles. The number of nitro benzene ring substituents is 2. The molecule has 2 amide bonds. The normalized spacial score (nSPS) is 20.3. The second-order valence-electron chi connectivity index (χ2n) is 9.73. The molecule has 4 rings (SSSR count). The molecular weight excluding hydrogens is 544 g/mol. The Morgan fingerprint density at radius 1 is 0.875 bits per heavy atom. The van der Waals surface area contributed by atoms with E-state index in [1.165, 1.54) is 53.4 Å². The molecule has 14 heteroatoms. The molecule has 0 saturated carbocycles. The van der Waals surface area contributed by atoms with Crippen LogP contribution < -0.4 is 0 Å². The number of ether oxygens (including phenoxy) is 2. The van der Waals surface area contributed by atoms with Crippen LogP contribution in [0.3, 0.4) is 0 Å². The number of hydrogen-bond acceptors (Lipinski definition) is 10. The van der Waals surface area contributed by atoms with Crippen molar-refractivity contribution in [3.8, 4) is 0 Å². The van der Waals surface area contributed by atoms with Gasteiger partial charge in [0.15, 0.2) is 0 Å². The van der Waals surface area contributed by atoms with Crippen LogP contribution in [-0.2, 0) is 32.3 Å². The van der Waals surface area contributed by atoms with Crippen molar-refractivity contribution in [1.82, 2.24) is 9.80 Å². The number of benzene rings is 2. The lowest BCUT2D eigenvalue weighted by Crippen LogP contribution is -2.40. The van der Waals surface area contributed by atoms with Crippen molar-refractivity contribution in [1.29, 1.82) is 0 Å². The third-order valence-electron chi connectivity index (χ3n) is 6.95. The molecule has 0 spiro atoms. The zero-order valence-electron chi connectivity index (χ0n) is 21.4. The van der Waals surface area contributed by atoms with E-state index in [9.17, 15) is 34.6 Å². The number of carbonyl (C=O) groups excluding carboxylic acids is 3. The Kier molecular flexibility index (Phi) is 9.19. The minimum atomic E-state index is -0.596. The van der Waals surface area contributed by atoms with Gasteiger partial charge in [0.05, 0.1) is 15.8 Å². The number of esters is 1. The van der Waals surface area contributed by atoms with Gasteiger partial charge in [-0.05, 0) is 48.2 Å². The van der Waals surface area contributed by atoms with Crippen LogP contribution >= 0.6 is 12.6 Å². The Bertz CT molecular complexity index is 1270. The van der Waals surface area contributed by atoms with Gasteiger partial charge in [-0.3, -0.25) is 29.8 Å². The molecule has 0 aromatic heterocycles. The fourth-order valence-corrected chi connectivity index (χ4v) is 5.17. The molecule has 2 aromatic rings. The van der Waals surface area contributed by atoms with E-state index in [0.717, 1.165) is 0 Å². The van der Waals surface area contributed by atoms with Gasteiger partial charge in [-0.1, -0.05) is 0 Å². The third-order valence-corrected chi connectivity index (χ3v) is 7.32. The zero-order chi connectivity index (χ0) is 28.8. The lowest BCUT2D eigenvalue weighted by atomic mass is 10.1. The highest BCUT2D eigenvalue weighted by molar-refractivity contribution is 7.81. The van der Waals surface area contributed by atoms with Gasteiger partial charge in [0.1, 0.15) is 13.2 Å². The Balaban J connectivity index is 1.24. The summed E-state index contributed by atoms with van der Waals surface area (Å²) in [5.41, 5.74) is 1.10. The van der Waals surface area contributed by atoms with Crippen LogP contribution in [0, 0.1) is 26.1 Å². The van der Waals surface area contributed by atoms with E-state index < -0.39 is 33.9 Å². The molecule has 2 heterocycles. The van der Waals surface area contributed by atoms with Gasteiger partial charge in [0, 0.05) is 61.6 Å². The number of nitrogens with zero attached hydrogens (tertiary/aromatic N) is 4. The van der Waals surface area contributed by atoms with Gasteiger partial charge in [-0.2, -0.15) is 12.6 Å². The topological polar surface area (TPSA) is 162 Å². The molecule has 2 fully saturated rings. The second-order valence-corrected chi connectivity index (χ2v) is 10.5. The molecule has 0 N–H and O–H groups in total. The van der Waals surface area contributed by atoms with Crippen molar-refractivity contribution in [2.45, 2.75) is 43.8 Å². The molecule has 0 aliphatic carbocycles. The smallest absolute Gasteiger partial charge is 0.410 e. The molecule has 2 aliphatic heterocycles. The third kappa shape index (κ3) is 7.25. The largest absolute Gasteiger partial charge is 0.461 e. The van der Waals surface area contributed by atoms with Crippen molar-refractivity contribution < 1.29 is 33.7 Å². The average Bonchev–Trinajstić information content (AvgIpc) is 3.58. The minimum absolute atomic E-state index is 0.0242. The number of non-ortho nitro benzene ring substituents is 2. The highest BCUT2D eigenvalue weighted by atomic mass is 32.1. The Hall–Kier alpha value is -4.20. The van der Waals surface area contributed by atoms with Gasteiger partial charge in [0.25, 0.3) is 11.4 Å². The Morgan fingerprint density at radius 2 is 1.43 bits per heavy atom. The van der Waals surface area contributed by atoms with Crippen molar-refractivity contribution >= 4 is 42.0 Å². The SMILES string of the molecule is O=C(OCc1ccc([N+](=O)[O-])cc1)[C@H]1CCN(C(=O)C[C@@H]2C[C@H](S)CN2C(=O)OCc2ccc([N+](=O)[O-])cc2)C1. The molecule has 3 atom stereocenters. The van der Waals surface area contributed by atoms with E-state index in [-0.39, 0.29) is 48.7 Å². The van der Waals surface area contributed by atoms with Crippen LogP contribution in [0.15, 0.2) is 48.5 Å². The van der Waals surface area contributed by atoms with Crippen molar-refractivity contribution in [3.63, 3.8) is 0 Å². The Labute approximate surface area is 234 Å². The first kappa shape index (κ1) is 28.8. The molecular formula is C26H28N4O9S. The lowest BCUT2D eigenvalue weighted by Gasteiger charge is -2.25. The summed E-state index contributed by atoms with van der Waals surface area (Å²) in [5, 5.41) is 21.4. The molecule has 212 valence electrons. The predicted octanol–water partition coefficient (Wildman–Crippen LogP) is 3.49. The van der Waals surface area contributed by atoms with Crippen LogP contribution in [0.25, 0.3) is 0 Å². The number of carbonyl (C=O) groups is 3. The summed E-state index contributed by atoms with van der Waals surface area (Å²) in [6, 6.07) is 11.0. The van der Waals surface area contributed by atoms with E-state index in [1.807, 2.05) is 0 Å². The summed E-state index contributed by atoms with van der Waals surface area (Å²) < 4.78 is 10.8. The maximum atomic E-state index is 13.0. The standard InChI is InChI=1S/C26H28N4O9S/c31-24(27-10-9-19(13-27)25(32)38-15-17-1-5-20(6-2-17)29(34)35)12-22-11-23(40)14-28(22)26(33)39-16-18-3-7-21(8-4-18)30(36)37/h1-8,19,22-23,40H,9-16H2/t19-,22-,23-/m0/s1. The summed E-state index contributed by atoms with van der Waals surface area (Å²) in [5.74, 6) is -1.11. The molecule has 0 bridgehead atoms. The second kappa shape index (κ2) is 12.8. The van der Waals surface area contributed by atoms with Crippen LogP contribution in [0.4, 0.5) is 16.2 Å². The maximum Gasteiger partial charge on any atom is 0.410 e. The van der Waals surface area contributed by atoms with E-state index in [4.69, 9.17) is 9.47 Å². The zero-order valence-corrected chi connectivity index (χ0v) is 22.3. The van der Waals surface area contributed by atoms with E-state index in [1.54, 1.807) is 4.90 Å².